The fourth-order valence-electron chi connectivity index (χ4n) is 3.08. The topological polar surface area (TPSA) is 87.7 Å². The minimum atomic E-state index is -0.210. The largest absolute Gasteiger partial charge is 0.480 e. The zero-order valence-corrected chi connectivity index (χ0v) is 17.0. The Morgan fingerprint density at radius 3 is 2.76 bits per heavy atom. The van der Waals surface area contributed by atoms with Crippen LogP contribution in [-0.2, 0) is 4.79 Å². The number of nitrogens with zero attached hydrogens (tertiary/aromatic N) is 4. The molecule has 3 rings (SSSR count). The van der Waals surface area contributed by atoms with Crippen LogP contribution in [0.15, 0.2) is 43.1 Å². The molecule has 0 spiro atoms. The van der Waals surface area contributed by atoms with Crippen molar-refractivity contribution in [2.45, 2.75) is 12.5 Å². The minimum Gasteiger partial charge on any atom is -0.480 e. The summed E-state index contributed by atoms with van der Waals surface area (Å²) >= 11 is 5.94. The van der Waals surface area contributed by atoms with E-state index in [1.807, 2.05) is 0 Å². The van der Waals surface area contributed by atoms with Crippen LogP contribution in [0.5, 0.6) is 5.88 Å². The average Bonchev–Trinajstić information content (AvgIpc) is 3.22. The van der Waals surface area contributed by atoms with Gasteiger partial charge in [-0.05, 0) is 36.8 Å². The molecule has 0 bridgehead atoms. The first kappa shape index (κ1) is 20.6. The van der Waals surface area contributed by atoms with Gasteiger partial charge in [0.2, 0.25) is 17.7 Å². The number of rotatable bonds is 6. The number of likely N-dealkylation sites (tertiary alicyclic amines) is 1. The van der Waals surface area contributed by atoms with Crippen LogP contribution in [0, 0.1) is 0 Å². The molecule has 29 heavy (non-hydrogen) atoms. The molecule has 0 unspecified atom stereocenters. The van der Waals surface area contributed by atoms with Crippen molar-refractivity contribution in [3.63, 3.8) is 0 Å². The molecule has 1 fully saturated rings. The Morgan fingerprint density at radius 1 is 1.38 bits per heavy atom. The van der Waals surface area contributed by atoms with Crippen molar-refractivity contribution in [3.05, 3.63) is 53.7 Å². The lowest BCUT2D eigenvalue weighted by atomic mass is 10.1. The number of carbonyl (C=O) groups excluding carboxylic acids is 2. The third-order valence-electron chi connectivity index (χ3n) is 4.72. The summed E-state index contributed by atoms with van der Waals surface area (Å²) in [5.74, 6) is 0.437. The molecule has 1 aliphatic rings. The highest BCUT2D eigenvalue weighted by Gasteiger charge is 2.27. The van der Waals surface area contributed by atoms with E-state index in [4.69, 9.17) is 16.3 Å². The van der Waals surface area contributed by atoms with Crippen LogP contribution in [0.3, 0.4) is 0 Å². The van der Waals surface area contributed by atoms with Gasteiger partial charge in [-0.1, -0.05) is 18.2 Å². The monoisotopic (exact) mass is 415 g/mol. The Labute approximate surface area is 174 Å². The van der Waals surface area contributed by atoms with Gasteiger partial charge in [-0.15, -0.1) is 0 Å². The molecular weight excluding hydrogens is 394 g/mol. The van der Waals surface area contributed by atoms with E-state index in [1.54, 1.807) is 36.2 Å². The molecule has 2 heterocycles. The van der Waals surface area contributed by atoms with E-state index in [-0.39, 0.29) is 17.9 Å². The summed E-state index contributed by atoms with van der Waals surface area (Å²) < 4.78 is 5.10. The normalized spacial score (nSPS) is 15.7. The molecule has 0 aliphatic carbocycles. The fraction of sp³-hybridized carbons (Fsp3) is 0.300. The maximum atomic E-state index is 12.8. The molecule has 2 amide bonds. The lowest BCUT2D eigenvalue weighted by Gasteiger charge is -2.19. The molecule has 2 aromatic rings. The summed E-state index contributed by atoms with van der Waals surface area (Å²) in [5.41, 5.74) is 1.26. The standard InChI is InChI=1S/C20H22ClN5O3/c1-4-17(27)25(2)15-7-5-13(6-8-15)19(28)26-10-9-14(12-26)23-20-22-11-16(21)18(24-20)29-3/h4-8,11,14H,1,9-10,12H2,2-3H3,(H,22,23,24)/t14-/m1/s1. The zero-order valence-electron chi connectivity index (χ0n) is 16.3. The number of ether oxygens (including phenoxy) is 1. The number of carbonyl (C=O) groups is 2. The Balaban J connectivity index is 1.61. The highest BCUT2D eigenvalue weighted by Crippen LogP contribution is 2.23. The summed E-state index contributed by atoms with van der Waals surface area (Å²) in [4.78, 5) is 36.1. The van der Waals surface area contributed by atoms with Crippen molar-refractivity contribution >= 4 is 35.1 Å². The van der Waals surface area contributed by atoms with E-state index in [0.29, 0.717) is 41.2 Å². The number of nitrogens with one attached hydrogen (secondary N) is 1. The Morgan fingerprint density at radius 2 is 2.10 bits per heavy atom. The number of methoxy groups -OCH3 is 1. The van der Waals surface area contributed by atoms with Crippen molar-refractivity contribution in [1.82, 2.24) is 14.9 Å². The second-order valence-corrected chi connectivity index (χ2v) is 6.99. The van der Waals surface area contributed by atoms with Crippen molar-refractivity contribution in [3.8, 4) is 5.88 Å². The summed E-state index contributed by atoms with van der Waals surface area (Å²) in [6, 6.07) is 6.96. The van der Waals surface area contributed by atoms with Crippen LogP contribution in [0.25, 0.3) is 0 Å². The molecule has 0 saturated carbocycles. The predicted molar refractivity (Wildman–Crippen MR) is 112 cm³/mol. The minimum absolute atomic E-state index is 0.0282. The lowest BCUT2D eigenvalue weighted by molar-refractivity contribution is -0.113. The van der Waals surface area contributed by atoms with E-state index >= 15 is 0 Å². The molecular formula is C20H22ClN5O3. The number of aromatic nitrogens is 2. The maximum Gasteiger partial charge on any atom is 0.253 e. The molecule has 1 aromatic heterocycles. The lowest BCUT2D eigenvalue weighted by Crippen LogP contribution is -2.32. The second kappa shape index (κ2) is 8.91. The number of amides is 2. The number of hydrogen-bond acceptors (Lipinski definition) is 6. The quantitative estimate of drug-likeness (QED) is 0.730. The van der Waals surface area contributed by atoms with Crippen LogP contribution in [0.1, 0.15) is 16.8 Å². The predicted octanol–water partition coefficient (Wildman–Crippen LogP) is 2.61. The van der Waals surface area contributed by atoms with E-state index in [0.717, 1.165) is 6.42 Å². The second-order valence-electron chi connectivity index (χ2n) is 6.58. The zero-order chi connectivity index (χ0) is 21.0. The van der Waals surface area contributed by atoms with Crippen molar-refractivity contribution < 1.29 is 14.3 Å². The van der Waals surface area contributed by atoms with Crippen LogP contribution in [-0.4, -0.2) is 60.0 Å². The first-order chi connectivity index (χ1) is 13.9. The summed E-state index contributed by atoms with van der Waals surface area (Å²) in [7, 11) is 3.15. The number of likely N-dealkylation sites (N-methyl/N-ethyl adjacent to an activating group) is 1. The third-order valence-corrected chi connectivity index (χ3v) is 4.98. The number of hydrogen-bond donors (Lipinski definition) is 1. The van der Waals surface area contributed by atoms with Crippen molar-refractivity contribution in [2.24, 2.45) is 0 Å². The third kappa shape index (κ3) is 4.65. The Hall–Kier alpha value is -3.13. The average molecular weight is 416 g/mol. The highest BCUT2D eigenvalue weighted by atomic mass is 35.5. The number of halogens is 1. The Bertz CT molecular complexity index is 919. The van der Waals surface area contributed by atoms with Crippen LogP contribution < -0.4 is 15.0 Å². The Kier molecular flexibility index (Phi) is 6.33. The molecule has 1 aromatic carbocycles. The first-order valence-electron chi connectivity index (χ1n) is 9.05. The van der Waals surface area contributed by atoms with Crippen molar-refractivity contribution in [1.29, 1.82) is 0 Å². The maximum absolute atomic E-state index is 12.8. The van der Waals surface area contributed by atoms with E-state index < -0.39 is 0 Å². The SMILES string of the molecule is C=CC(=O)N(C)c1ccc(C(=O)N2CC[C@@H](Nc3ncc(Cl)c(OC)n3)C2)cc1. The molecule has 1 aliphatic heterocycles. The van der Waals surface area contributed by atoms with Gasteiger partial charge in [0.1, 0.15) is 5.02 Å². The number of anilines is 2. The van der Waals surface area contributed by atoms with Gasteiger partial charge in [0.15, 0.2) is 0 Å². The van der Waals surface area contributed by atoms with E-state index in [2.05, 4.69) is 21.9 Å². The van der Waals surface area contributed by atoms with Crippen LogP contribution in [0.4, 0.5) is 11.6 Å². The first-order valence-corrected chi connectivity index (χ1v) is 9.43. The van der Waals surface area contributed by atoms with Gasteiger partial charge in [-0.25, -0.2) is 4.98 Å². The van der Waals surface area contributed by atoms with Gasteiger partial charge in [-0.2, -0.15) is 4.98 Å². The number of benzene rings is 1. The van der Waals surface area contributed by atoms with Gasteiger partial charge >= 0.3 is 0 Å². The van der Waals surface area contributed by atoms with Crippen LogP contribution in [0.2, 0.25) is 5.02 Å². The van der Waals surface area contributed by atoms with Gasteiger partial charge in [0, 0.05) is 37.4 Å². The van der Waals surface area contributed by atoms with Gasteiger partial charge in [-0.3, -0.25) is 9.59 Å². The molecule has 0 radical (unpaired) electrons. The molecule has 8 nitrogen and oxygen atoms in total. The molecule has 1 saturated heterocycles. The van der Waals surface area contributed by atoms with Gasteiger partial charge < -0.3 is 19.9 Å². The summed E-state index contributed by atoms with van der Waals surface area (Å²) in [6.07, 6.45) is 3.49. The summed E-state index contributed by atoms with van der Waals surface area (Å²) in [5, 5.41) is 3.55. The van der Waals surface area contributed by atoms with Gasteiger partial charge in [0.05, 0.1) is 13.3 Å². The van der Waals surface area contributed by atoms with Crippen molar-refractivity contribution in [2.75, 3.05) is 37.5 Å². The molecule has 152 valence electrons. The molecule has 1 N–H and O–H groups in total. The van der Waals surface area contributed by atoms with Gasteiger partial charge in [0.25, 0.3) is 5.91 Å². The highest BCUT2D eigenvalue weighted by molar-refractivity contribution is 6.31. The van der Waals surface area contributed by atoms with E-state index in [9.17, 15) is 9.59 Å². The van der Waals surface area contributed by atoms with Crippen LogP contribution >= 0.6 is 11.6 Å². The molecule has 9 heteroatoms. The summed E-state index contributed by atoms with van der Waals surface area (Å²) in [6.45, 7) is 4.63. The fourth-order valence-corrected chi connectivity index (χ4v) is 3.25. The van der Waals surface area contributed by atoms with E-state index in [1.165, 1.54) is 24.3 Å². The smallest absolute Gasteiger partial charge is 0.253 e. The molecule has 1 atom stereocenters.